The molecule has 2 rings (SSSR count). The summed E-state index contributed by atoms with van der Waals surface area (Å²) in [5.74, 6) is -0.300. The second-order valence-corrected chi connectivity index (χ2v) is 5.13. The fraction of sp³-hybridized carbons (Fsp3) is 0.235. The van der Waals surface area contributed by atoms with E-state index >= 15 is 0 Å². The van der Waals surface area contributed by atoms with Crippen molar-refractivity contribution < 1.29 is 9.53 Å². The Bertz CT molecular complexity index is 554. The van der Waals surface area contributed by atoms with Gasteiger partial charge in [0.15, 0.2) is 0 Å². The maximum absolute atomic E-state index is 12.1. The van der Waals surface area contributed by atoms with Crippen LogP contribution in [0, 0.1) is 6.92 Å². The zero-order valence-electron chi connectivity index (χ0n) is 11.5. The van der Waals surface area contributed by atoms with Crippen LogP contribution >= 0.6 is 0 Å². The number of hydrogen-bond acceptors (Lipinski definition) is 2. The molecule has 2 aromatic carbocycles. The molecular formula is C17H18O2. The first-order valence-electron chi connectivity index (χ1n) is 6.34. The molecule has 0 N–H and O–H groups in total. The van der Waals surface area contributed by atoms with Crippen molar-refractivity contribution in [1.82, 2.24) is 0 Å². The average Bonchev–Trinajstić information content (AvgIpc) is 2.40. The van der Waals surface area contributed by atoms with Crippen LogP contribution < -0.4 is 0 Å². The number of ether oxygens (including phenoxy) is 1. The Hall–Kier alpha value is -2.09. The predicted octanol–water partition coefficient (Wildman–Crippen LogP) is 4.09. The van der Waals surface area contributed by atoms with Crippen LogP contribution in [0.15, 0.2) is 54.6 Å². The molecule has 0 unspecified atom stereocenters. The van der Waals surface area contributed by atoms with Crippen LogP contribution in [0.25, 0.3) is 0 Å². The first-order chi connectivity index (χ1) is 8.99. The molecule has 0 radical (unpaired) electrons. The monoisotopic (exact) mass is 254 g/mol. The van der Waals surface area contributed by atoms with Crippen LogP contribution in [0.4, 0.5) is 0 Å². The van der Waals surface area contributed by atoms with Gasteiger partial charge in [0.05, 0.1) is 5.56 Å². The van der Waals surface area contributed by atoms with Crippen molar-refractivity contribution in [3.8, 4) is 0 Å². The SMILES string of the molecule is Cc1ccc(C(C)(C)OC(=O)c2ccccc2)cc1. The van der Waals surface area contributed by atoms with E-state index in [9.17, 15) is 4.79 Å². The van der Waals surface area contributed by atoms with Crippen molar-refractivity contribution in [3.05, 3.63) is 71.3 Å². The zero-order valence-corrected chi connectivity index (χ0v) is 11.5. The third kappa shape index (κ3) is 3.22. The highest BCUT2D eigenvalue weighted by Crippen LogP contribution is 2.26. The smallest absolute Gasteiger partial charge is 0.338 e. The van der Waals surface area contributed by atoms with Crippen molar-refractivity contribution in [2.75, 3.05) is 0 Å². The average molecular weight is 254 g/mol. The first-order valence-corrected chi connectivity index (χ1v) is 6.34. The maximum atomic E-state index is 12.1. The van der Waals surface area contributed by atoms with Gasteiger partial charge < -0.3 is 4.74 Å². The molecule has 2 heteroatoms. The fourth-order valence-corrected chi connectivity index (χ4v) is 1.88. The molecular weight excluding hydrogens is 236 g/mol. The largest absolute Gasteiger partial charge is 0.451 e. The Morgan fingerprint density at radius 1 is 0.947 bits per heavy atom. The zero-order chi connectivity index (χ0) is 13.9. The second kappa shape index (κ2) is 5.27. The van der Waals surface area contributed by atoms with Gasteiger partial charge in [0.25, 0.3) is 0 Å². The van der Waals surface area contributed by atoms with Crippen molar-refractivity contribution >= 4 is 5.97 Å². The summed E-state index contributed by atoms with van der Waals surface area (Å²) in [4.78, 5) is 12.1. The molecule has 0 aliphatic rings. The lowest BCUT2D eigenvalue weighted by atomic mass is 9.97. The molecule has 19 heavy (non-hydrogen) atoms. The predicted molar refractivity (Wildman–Crippen MR) is 76.1 cm³/mol. The molecule has 0 aliphatic heterocycles. The number of hydrogen-bond donors (Lipinski definition) is 0. The Morgan fingerprint density at radius 3 is 2.11 bits per heavy atom. The molecule has 0 saturated carbocycles. The lowest BCUT2D eigenvalue weighted by Gasteiger charge is -2.25. The highest BCUT2D eigenvalue weighted by atomic mass is 16.6. The van der Waals surface area contributed by atoms with E-state index in [-0.39, 0.29) is 5.97 Å². The molecule has 0 spiro atoms. The molecule has 2 nitrogen and oxygen atoms in total. The van der Waals surface area contributed by atoms with Crippen LogP contribution in [0.2, 0.25) is 0 Å². The summed E-state index contributed by atoms with van der Waals surface area (Å²) in [6.45, 7) is 5.84. The topological polar surface area (TPSA) is 26.3 Å². The van der Waals surface area contributed by atoms with E-state index < -0.39 is 5.60 Å². The van der Waals surface area contributed by atoms with Crippen molar-refractivity contribution in [1.29, 1.82) is 0 Å². The van der Waals surface area contributed by atoms with Gasteiger partial charge >= 0.3 is 5.97 Å². The van der Waals surface area contributed by atoms with Gasteiger partial charge in [-0.3, -0.25) is 0 Å². The molecule has 0 saturated heterocycles. The van der Waals surface area contributed by atoms with Crippen molar-refractivity contribution in [3.63, 3.8) is 0 Å². The summed E-state index contributed by atoms with van der Waals surface area (Å²) in [5.41, 5.74) is 2.11. The standard InChI is InChI=1S/C17H18O2/c1-13-9-11-15(12-10-13)17(2,3)19-16(18)14-7-5-4-6-8-14/h4-12H,1-3H3. The molecule has 0 aromatic heterocycles. The van der Waals surface area contributed by atoms with Crippen LogP contribution in [0.3, 0.4) is 0 Å². The van der Waals surface area contributed by atoms with E-state index in [2.05, 4.69) is 0 Å². The molecule has 0 heterocycles. The van der Waals surface area contributed by atoms with Crippen LogP contribution in [-0.2, 0) is 10.3 Å². The Morgan fingerprint density at radius 2 is 1.53 bits per heavy atom. The molecule has 0 fully saturated rings. The van der Waals surface area contributed by atoms with Gasteiger partial charge in [0.2, 0.25) is 0 Å². The minimum atomic E-state index is -0.638. The number of carbonyl (C=O) groups is 1. The van der Waals surface area contributed by atoms with Crippen LogP contribution in [0.1, 0.15) is 35.3 Å². The summed E-state index contributed by atoms with van der Waals surface area (Å²) in [6, 6.07) is 17.1. The van der Waals surface area contributed by atoms with Gasteiger partial charge in [-0.2, -0.15) is 0 Å². The summed E-state index contributed by atoms with van der Waals surface area (Å²) in [5, 5.41) is 0. The van der Waals surface area contributed by atoms with Gasteiger partial charge in [-0.25, -0.2) is 4.79 Å². The molecule has 98 valence electrons. The summed E-state index contributed by atoms with van der Waals surface area (Å²) < 4.78 is 5.61. The Kier molecular flexibility index (Phi) is 3.70. The van der Waals surface area contributed by atoms with Gasteiger partial charge in [-0.15, -0.1) is 0 Å². The Labute approximate surface area is 114 Å². The first kappa shape index (κ1) is 13.3. The van der Waals surface area contributed by atoms with Crippen LogP contribution in [-0.4, -0.2) is 5.97 Å². The molecule has 2 aromatic rings. The highest BCUT2D eigenvalue weighted by molar-refractivity contribution is 5.89. The lowest BCUT2D eigenvalue weighted by Crippen LogP contribution is -2.25. The third-order valence-electron chi connectivity index (χ3n) is 3.10. The number of esters is 1. The molecule has 0 amide bonds. The number of aryl methyl sites for hydroxylation is 1. The van der Waals surface area contributed by atoms with Crippen LogP contribution in [0.5, 0.6) is 0 Å². The van der Waals surface area contributed by atoms with E-state index in [1.807, 2.05) is 63.2 Å². The van der Waals surface area contributed by atoms with E-state index in [4.69, 9.17) is 4.74 Å². The van der Waals surface area contributed by atoms with E-state index in [0.717, 1.165) is 5.56 Å². The number of benzene rings is 2. The number of rotatable bonds is 3. The minimum absolute atomic E-state index is 0.300. The summed E-state index contributed by atoms with van der Waals surface area (Å²) >= 11 is 0. The van der Waals surface area contributed by atoms with E-state index in [1.54, 1.807) is 12.1 Å². The normalized spacial score (nSPS) is 11.1. The maximum Gasteiger partial charge on any atom is 0.338 e. The van der Waals surface area contributed by atoms with Gasteiger partial charge in [0.1, 0.15) is 5.60 Å². The number of carbonyl (C=O) groups excluding carboxylic acids is 1. The highest BCUT2D eigenvalue weighted by Gasteiger charge is 2.25. The Balaban J connectivity index is 2.17. The van der Waals surface area contributed by atoms with Gasteiger partial charge in [-0.05, 0) is 38.5 Å². The fourth-order valence-electron chi connectivity index (χ4n) is 1.88. The molecule has 0 atom stereocenters. The van der Waals surface area contributed by atoms with Gasteiger partial charge in [0, 0.05) is 0 Å². The second-order valence-electron chi connectivity index (χ2n) is 5.13. The third-order valence-corrected chi connectivity index (χ3v) is 3.10. The van der Waals surface area contributed by atoms with Crippen molar-refractivity contribution in [2.24, 2.45) is 0 Å². The van der Waals surface area contributed by atoms with E-state index in [1.165, 1.54) is 5.56 Å². The lowest BCUT2D eigenvalue weighted by molar-refractivity contribution is -0.00312. The molecule has 0 bridgehead atoms. The van der Waals surface area contributed by atoms with Crippen molar-refractivity contribution in [2.45, 2.75) is 26.4 Å². The van der Waals surface area contributed by atoms with E-state index in [0.29, 0.717) is 5.56 Å². The molecule has 0 aliphatic carbocycles. The summed E-state index contributed by atoms with van der Waals surface area (Å²) in [7, 11) is 0. The van der Waals surface area contributed by atoms with Gasteiger partial charge in [-0.1, -0.05) is 48.0 Å². The summed E-state index contributed by atoms with van der Waals surface area (Å²) in [6.07, 6.45) is 0. The quantitative estimate of drug-likeness (QED) is 0.771. The minimum Gasteiger partial charge on any atom is -0.451 e.